The van der Waals surface area contributed by atoms with Crippen LogP contribution in [0.3, 0.4) is 0 Å². The Morgan fingerprint density at radius 3 is 2.58 bits per heavy atom. The molecule has 4 nitrogen and oxygen atoms in total. The van der Waals surface area contributed by atoms with E-state index in [2.05, 4.69) is 16.0 Å². The van der Waals surface area contributed by atoms with Gasteiger partial charge in [-0.1, -0.05) is 12.1 Å². The zero-order valence-electron chi connectivity index (χ0n) is 10.5. The maximum Gasteiger partial charge on any atom is 0.416 e. The summed E-state index contributed by atoms with van der Waals surface area (Å²) in [5.41, 5.74) is -0.319. The van der Waals surface area contributed by atoms with E-state index in [1.165, 1.54) is 12.1 Å². The summed E-state index contributed by atoms with van der Waals surface area (Å²) in [5.74, 6) is 0. The molecular weight excluding hydrogens is 259 g/mol. The SMILES string of the molecule is CNCCNC(=O)NCc1cccc(C(F)(F)F)c1. The number of benzene rings is 1. The Bertz CT molecular complexity index is 421. The van der Waals surface area contributed by atoms with Gasteiger partial charge in [-0.3, -0.25) is 0 Å². The number of hydrogen-bond acceptors (Lipinski definition) is 2. The summed E-state index contributed by atoms with van der Waals surface area (Å²) in [6.45, 7) is 1.12. The number of urea groups is 1. The highest BCUT2D eigenvalue weighted by atomic mass is 19.4. The van der Waals surface area contributed by atoms with Crippen molar-refractivity contribution in [3.8, 4) is 0 Å². The molecule has 0 fully saturated rings. The average Bonchev–Trinajstić information content (AvgIpc) is 2.36. The van der Waals surface area contributed by atoms with Crippen LogP contribution in [0.5, 0.6) is 0 Å². The lowest BCUT2D eigenvalue weighted by Crippen LogP contribution is -2.38. The molecule has 0 atom stereocenters. The molecule has 0 spiro atoms. The molecule has 1 rings (SSSR count). The van der Waals surface area contributed by atoms with Crippen molar-refractivity contribution in [3.05, 3.63) is 35.4 Å². The Kier molecular flexibility index (Phi) is 5.62. The minimum atomic E-state index is -4.37. The highest BCUT2D eigenvalue weighted by Gasteiger charge is 2.30. The minimum Gasteiger partial charge on any atom is -0.337 e. The van der Waals surface area contributed by atoms with Crippen LogP contribution in [0.1, 0.15) is 11.1 Å². The minimum absolute atomic E-state index is 0.0509. The number of carbonyl (C=O) groups excluding carboxylic acids is 1. The third-order valence-corrected chi connectivity index (χ3v) is 2.37. The van der Waals surface area contributed by atoms with Gasteiger partial charge in [0.25, 0.3) is 0 Å². The predicted octanol–water partition coefficient (Wildman–Crippen LogP) is 1.72. The number of amides is 2. The number of halogens is 3. The molecule has 0 aliphatic rings. The standard InChI is InChI=1S/C12H16F3N3O/c1-16-5-6-17-11(19)18-8-9-3-2-4-10(7-9)12(13,14)15/h2-4,7,16H,5-6,8H2,1H3,(H2,17,18,19). The van der Waals surface area contributed by atoms with Crippen LogP contribution in [0.4, 0.5) is 18.0 Å². The second kappa shape index (κ2) is 6.98. The van der Waals surface area contributed by atoms with Crippen LogP contribution in [0.15, 0.2) is 24.3 Å². The van der Waals surface area contributed by atoms with E-state index < -0.39 is 17.8 Å². The fourth-order valence-corrected chi connectivity index (χ4v) is 1.40. The Hall–Kier alpha value is -1.76. The topological polar surface area (TPSA) is 53.2 Å². The highest BCUT2D eigenvalue weighted by molar-refractivity contribution is 5.73. The number of rotatable bonds is 5. The van der Waals surface area contributed by atoms with Gasteiger partial charge in [-0.2, -0.15) is 13.2 Å². The van der Waals surface area contributed by atoms with E-state index in [1.807, 2.05) is 0 Å². The van der Waals surface area contributed by atoms with Crippen molar-refractivity contribution in [1.82, 2.24) is 16.0 Å². The van der Waals surface area contributed by atoms with Gasteiger partial charge in [0, 0.05) is 19.6 Å². The molecule has 3 N–H and O–H groups in total. The summed E-state index contributed by atoms with van der Waals surface area (Å²) < 4.78 is 37.4. The largest absolute Gasteiger partial charge is 0.416 e. The van der Waals surface area contributed by atoms with Crippen molar-refractivity contribution < 1.29 is 18.0 Å². The molecule has 1 aromatic carbocycles. The van der Waals surface area contributed by atoms with Crippen LogP contribution in [-0.4, -0.2) is 26.2 Å². The summed E-state index contributed by atoms with van der Waals surface area (Å²) in [6.07, 6.45) is -4.37. The number of nitrogens with one attached hydrogen (secondary N) is 3. The van der Waals surface area contributed by atoms with Crippen molar-refractivity contribution in [1.29, 1.82) is 0 Å². The molecule has 2 amide bonds. The highest BCUT2D eigenvalue weighted by Crippen LogP contribution is 2.29. The van der Waals surface area contributed by atoms with Crippen molar-refractivity contribution in [2.75, 3.05) is 20.1 Å². The van der Waals surface area contributed by atoms with Gasteiger partial charge in [0.05, 0.1) is 5.56 Å². The van der Waals surface area contributed by atoms with E-state index in [4.69, 9.17) is 0 Å². The normalized spacial score (nSPS) is 11.2. The van der Waals surface area contributed by atoms with Crippen LogP contribution in [0.25, 0.3) is 0 Å². The van der Waals surface area contributed by atoms with E-state index in [0.717, 1.165) is 12.1 Å². The van der Waals surface area contributed by atoms with Gasteiger partial charge >= 0.3 is 12.2 Å². The van der Waals surface area contributed by atoms with Gasteiger partial charge in [0.1, 0.15) is 0 Å². The molecule has 19 heavy (non-hydrogen) atoms. The molecule has 0 heterocycles. The molecular formula is C12H16F3N3O. The number of carbonyl (C=O) groups is 1. The maximum atomic E-state index is 12.5. The zero-order valence-corrected chi connectivity index (χ0v) is 10.5. The lowest BCUT2D eigenvalue weighted by Gasteiger charge is -2.10. The molecule has 0 saturated carbocycles. The molecule has 0 aliphatic heterocycles. The van der Waals surface area contributed by atoms with E-state index in [1.54, 1.807) is 7.05 Å². The van der Waals surface area contributed by atoms with Crippen molar-refractivity contribution in [2.45, 2.75) is 12.7 Å². The Balaban J connectivity index is 2.47. The Morgan fingerprint density at radius 1 is 1.21 bits per heavy atom. The third-order valence-electron chi connectivity index (χ3n) is 2.37. The van der Waals surface area contributed by atoms with Crippen LogP contribution in [-0.2, 0) is 12.7 Å². The number of hydrogen-bond donors (Lipinski definition) is 3. The van der Waals surface area contributed by atoms with Crippen LogP contribution in [0, 0.1) is 0 Å². The van der Waals surface area contributed by atoms with E-state index in [9.17, 15) is 18.0 Å². The quantitative estimate of drug-likeness (QED) is 0.717. The molecule has 0 aliphatic carbocycles. The molecule has 106 valence electrons. The van der Waals surface area contributed by atoms with Gasteiger partial charge in [-0.05, 0) is 24.7 Å². The lowest BCUT2D eigenvalue weighted by molar-refractivity contribution is -0.137. The molecule has 0 saturated heterocycles. The van der Waals surface area contributed by atoms with E-state index >= 15 is 0 Å². The predicted molar refractivity (Wildman–Crippen MR) is 65.6 cm³/mol. The Morgan fingerprint density at radius 2 is 1.95 bits per heavy atom. The molecule has 0 bridgehead atoms. The fourth-order valence-electron chi connectivity index (χ4n) is 1.40. The van der Waals surface area contributed by atoms with Gasteiger partial charge in [0.2, 0.25) is 0 Å². The first-order valence-corrected chi connectivity index (χ1v) is 5.76. The Labute approximate surface area is 109 Å². The first-order chi connectivity index (χ1) is 8.93. The zero-order chi connectivity index (χ0) is 14.3. The fraction of sp³-hybridized carbons (Fsp3) is 0.417. The molecule has 7 heteroatoms. The smallest absolute Gasteiger partial charge is 0.337 e. The summed E-state index contributed by atoms with van der Waals surface area (Å²) in [4.78, 5) is 11.3. The van der Waals surface area contributed by atoms with Crippen molar-refractivity contribution in [2.24, 2.45) is 0 Å². The van der Waals surface area contributed by atoms with Crippen LogP contribution in [0.2, 0.25) is 0 Å². The second-order valence-corrected chi connectivity index (χ2v) is 3.91. The molecule has 1 aromatic rings. The van der Waals surface area contributed by atoms with Gasteiger partial charge < -0.3 is 16.0 Å². The second-order valence-electron chi connectivity index (χ2n) is 3.91. The summed E-state index contributed by atoms with van der Waals surface area (Å²) in [5, 5.41) is 7.91. The van der Waals surface area contributed by atoms with Crippen LogP contribution >= 0.6 is 0 Å². The maximum absolute atomic E-state index is 12.5. The monoisotopic (exact) mass is 275 g/mol. The third kappa shape index (κ3) is 5.60. The number of alkyl halides is 3. The van der Waals surface area contributed by atoms with Gasteiger partial charge in [-0.25, -0.2) is 4.79 Å². The summed E-state index contributed by atoms with van der Waals surface area (Å²) in [7, 11) is 1.75. The lowest BCUT2D eigenvalue weighted by atomic mass is 10.1. The van der Waals surface area contributed by atoms with Gasteiger partial charge in [-0.15, -0.1) is 0 Å². The van der Waals surface area contributed by atoms with Gasteiger partial charge in [0.15, 0.2) is 0 Å². The molecule has 0 radical (unpaired) electrons. The summed E-state index contributed by atoms with van der Waals surface area (Å²) in [6, 6.07) is 4.46. The molecule has 0 aromatic heterocycles. The van der Waals surface area contributed by atoms with Crippen molar-refractivity contribution >= 4 is 6.03 Å². The average molecular weight is 275 g/mol. The first kappa shape index (κ1) is 15.3. The first-order valence-electron chi connectivity index (χ1n) is 5.76. The number of likely N-dealkylation sites (N-methyl/N-ethyl adjacent to an activating group) is 1. The summed E-state index contributed by atoms with van der Waals surface area (Å²) >= 11 is 0. The van der Waals surface area contributed by atoms with Crippen molar-refractivity contribution in [3.63, 3.8) is 0 Å². The van der Waals surface area contributed by atoms with E-state index in [0.29, 0.717) is 18.7 Å². The van der Waals surface area contributed by atoms with E-state index in [-0.39, 0.29) is 6.54 Å². The molecule has 0 unspecified atom stereocenters. The van der Waals surface area contributed by atoms with Crippen LogP contribution < -0.4 is 16.0 Å².